The Morgan fingerprint density at radius 3 is 2.43 bits per heavy atom. The van der Waals surface area contributed by atoms with Gasteiger partial charge in [0, 0.05) is 25.6 Å². The van der Waals surface area contributed by atoms with E-state index in [-0.39, 0.29) is 12.5 Å². The number of benzene rings is 1. The van der Waals surface area contributed by atoms with E-state index in [1.165, 1.54) is 0 Å². The highest BCUT2D eigenvalue weighted by Gasteiger charge is 2.10. The first-order valence-corrected chi connectivity index (χ1v) is 6.95. The second-order valence-corrected chi connectivity index (χ2v) is 4.52. The van der Waals surface area contributed by atoms with Gasteiger partial charge >= 0.3 is 0 Å². The van der Waals surface area contributed by atoms with Crippen LogP contribution in [0.15, 0.2) is 28.8 Å². The van der Waals surface area contributed by atoms with E-state index in [0.717, 1.165) is 5.56 Å². The smallest absolute Gasteiger partial charge is 0.260 e. The number of likely N-dealkylation sites (N-methyl/N-ethyl adjacent to an activating group) is 1. The van der Waals surface area contributed by atoms with Gasteiger partial charge in [-0.2, -0.15) is 4.98 Å². The average Bonchev–Trinajstić information content (AvgIpc) is 2.93. The predicted molar refractivity (Wildman–Crippen MR) is 77.9 cm³/mol. The molecule has 6 nitrogen and oxygen atoms in total. The van der Waals surface area contributed by atoms with Crippen LogP contribution in [0.2, 0.25) is 0 Å². The maximum atomic E-state index is 11.8. The molecule has 6 heteroatoms. The number of hydrogen-bond donors (Lipinski definition) is 0. The van der Waals surface area contributed by atoms with E-state index < -0.39 is 0 Å². The minimum absolute atomic E-state index is 0.0159. The van der Waals surface area contributed by atoms with Gasteiger partial charge in [0.15, 0.2) is 6.61 Å². The van der Waals surface area contributed by atoms with Gasteiger partial charge in [0.25, 0.3) is 5.91 Å². The summed E-state index contributed by atoms with van der Waals surface area (Å²) in [5.74, 6) is 1.69. The molecule has 0 saturated heterocycles. The van der Waals surface area contributed by atoms with Gasteiger partial charge in [-0.3, -0.25) is 4.79 Å². The zero-order valence-electron chi connectivity index (χ0n) is 12.5. The van der Waals surface area contributed by atoms with Gasteiger partial charge in [0.05, 0.1) is 0 Å². The summed E-state index contributed by atoms with van der Waals surface area (Å²) in [7, 11) is 0. The highest BCUT2D eigenvalue weighted by Crippen LogP contribution is 2.19. The van der Waals surface area contributed by atoms with Gasteiger partial charge < -0.3 is 14.2 Å². The number of ether oxygens (including phenoxy) is 1. The monoisotopic (exact) mass is 289 g/mol. The molecule has 0 bridgehead atoms. The lowest BCUT2D eigenvalue weighted by atomic mass is 10.2. The topological polar surface area (TPSA) is 68.5 Å². The highest BCUT2D eigenvalue weighted by molar-refractivity contribution is 5.77. The lowest BCUT2D eigenvalue weighted by Gasteiger charge is -2.18. The Kier molecular flexibility index (Phi) is 4.92. The lowest BCUT2D eigenvalue weighted by molar-refractivity contribution is -0.132. The number of carbonyl (C=O) groups excluding carboxylic acids is 1. The highest BCUT2D eigenvalue weighted by atomic mass is 16.5. The maximum Gasteiger partial charge on any atom is 0.260 e. The third-order valence-corrected chi connectivity index (χ3v) is 3.12. The van der Waals surface area contributed by atoms with Crippen molar-refractivity contribution in [2.24, 2.45) is 0 Å². The summed E-state index contributed by atoms with van der Waals surface area (Å²) in [6, 6.07) is 7.25. The van der Waals surface area contributed by atoms with Crippen molar-refractivity contribution >= 4 is 5.91 Å². The van der Waals surface area contributed by atoms with E-state index in [0.29, 0.717) is 30.6 Å². The Balaban J connectivity index is 1.95. The minimum atomic E-state index is -0.0159. The fourth-order valence-electron chi connectivity index (χ4n) is 1.93. The number of hydrogen-bond acceptors (Lipinski definition) is 5. The van der Waals surface area contributed by atoms with Crippen molar-refractivity contribution in [3.63, 3.8) is 0 Å². The summed E-state index contributed by atoms with van der Waals surface area (Å²) in [6.45, 7) is 7.06. The molecule has 2 aromatic rings. The van der Waals surface area contributed by atoms with E-state index in [1.54, 1.807) is 24.0 Å². The number of carbonyl (C=O) groups is 1. The molecule has 0 radical (unpaired) electrons. The van der Waals surface area contributed by atoms with Crippen LogP contribution in [0.5, 0.6) is 5.75 Å². The number of nitrogens with zero attached hydrogens (tertiary/aromatic N) is 3. The van der Waals surface area contributed by atoms with Crippen LogP contribution in [0.4, 0.5) is 0 Å². The third kappa shape index (κ3) is 3.81. The number of aryl methyl sites for hydroxylation is 1. The molecule has 1 aromatic carbocycles. The van der Waals surface area contributed by atoms with Crippen LogP contribution >= 0.6 is 0 Å². The first-order valence-electron chi connectivity index (χ1n) is 6.95. The summed E-state index contributed by atoms with van der Waals surface area (Å²) in [6.07, 6.45) is 0. The Hall–Kier alpha value is -2.37. The Morgan fingerprint density at radius 2 is 1.90 bits per heavy atom. The molecule has 0 fully saturated rings. The summed E-state index contributed by atoms with van der Waals surface area (Å²) < 4.78 is 10.4. The molecule has 0 unspecified atom stereocenters. The van der Waals surface area contributed by atoms with Crippen molar-refractivity contribution in [3.8, 4) is 17.1 Å². The van der Waals surface area contributed by atoms with Crippen LogP contribution in [0.25, 0.3) is 11.4 Å². The number of aromatic nitrogens is 2. The van der Waals surface area contributed by atoms with Gasteiger partial charge in [-0.15, -0.1) is 0 Å². The molecule has 0 atom stereocenters. The molecule has 0 aliphatic carbocycles. The van der Waals surface area contributed by atoms with E-state index >= 15 is 0 Å². The first kappa shape index (κ1) is 15.0. The van der Waals surface area contributed by atoms with Crippen LogP contribution in [0, 0.1) is 6.92 Å². The second-order valence-electron chi connectivity index (χ2n) is 4.52. The standard InChI is InChI=1S/C15H19N3O3/c1-4-18(5-2)14(19)10-20-13-8-6-12(7-9-13)15-16-11(3)21-17-15/h6-9H,4-5,10H2,1-3H3. The van der Waals surface area contributed by atoms with E-state index in [9.17, 15) is 4.79 Å². The zero-order chi connectivity index (χ0) is 15.2. The largest absolute Gasteiger partial charge is 0.484 e. The van der Waals surface area contributed by atoms with Crippen LogP contribution in [-0.2, 0) is 4.79 Å². The van der Waals surface area contributed by atoms with Crippen molar-refractivity contribution < 1.29 is 14.1 Å². The van der Waals surface area contributed by atoms with Crippen LogP contribution in [0.1, 0.15) is 19.7 Å². The van der Waals surface area contributed by atoms with Gasteiger partial charge in [-0.25, -0.2) is 0 Å². The quantitative estimate of drug-likeness (QED) is 0.816. The molecule has 0 N–H and O–H groups in total. The summed E-state index contributed by atoms with van der Waals surface area (Å²) in [5.41, 5.74) is 0.842. The molecule has 0 saturated carbocycles. The number of amides is 1. The first-order chi connectivity index (χ1) is 10.1. The van der Waals surface area contributed by atoms with E-state index in [4.69, 9.17) is 9.26 Å². The summed E-state index contributed by atoms with van der Waals surface area (Å²) in [5, 5.41) is 3.85. The third-order valence-electron chi connectivity index (χ3n) is 3.12. The zero-order valence-corrected chi connectivity index (χ0v) is 12.5. The maximum absolute atomic E-state index is 11.8. The molecule has 1 aromatic heterocycles. The molecule has 112 valence electrons. The lowest BCUT2D eigenvalue weighted by Crippen LogP contribution is -2.34. The van der Waals surface area contributed by atoms with E-state index in [2.05, 4.69) is 10.1 Å². The minimum Gasteiger partial charge on any atom is -0.484 e. The molecule has 0 aliphatic rings. The van der Waals surface area contributed by atoms with Crippen LogP contribution < -0.4 is 4.74 Å². The van der Waals surface area contributed by atoms with Crippen molar-refractivity contribution in [1.29, 1.82) is 0 Å². The molecule has 0 aliphatic heterocycles. The van der Waals surface area contributed by atoms with Gasteiger partial charge in [0.2, 0.25) is 11.7 Å². The van der Waals surface area contributed by atoms with Crippen molar-refractivity contribution in [1.82, 2.24) is 15.0 Å². The molecule has 0 spiro atoms. The van der Waals surface area contributed by atoms with Gasteiger partial charge in [0.1, 0.15) is 5.75 Å². The fourth-order valence-corrected chi connectivity index (χ4v) is 1.93. The van der Waals surface area contributed by atoms with E-state index in [1.807, 2.05) is 26.0 Å². The summed E-state index contributed by atoms with van der Waals surface area (Å²) in [4.78, 5) is 17.7. The van der Waals surface area contributed by atoms with Crippen LogP contribution in [-0.4, -0.2) is 40.6 Å². The van der Waals surface area contributed by atoms with Crippen LogP contribution in [0.3, 0.4) is 0 Å². The molecule has 1 heterocycles. The number of rotatable bonds is 6. The van der Waals surface area contributed by atoms with Crippen molar-refractivity contribution in [3.05, 3.63) is 30.2 Å². The normalized spacial score (nSPS) is 10.4. The van der Waals surface area contributed by atoms with Gasteiger partial charge in [-0.05, 0) is 38.1 Å². The molecule has 1 amide bonds. The van der Waals surface area contributed by atoms with Gasteiger partial charge in [-0.1, -0.05) is 5.16 Å². The van der Waals surface area contributed by atoms with Crippen molar-refractivity contribution in [2.75, 3.05) is 19.7 Å². The average molecular weight is 289 g/mol. The molecule has 21 heavy (non-hydrogen) atoms. The Bertz CT molecular complexity index is 588. The second kappa shape index (κ2) is 6.88. The fraction of sp³-hybridized carbons (Fsp3) is 0.400. The molecular formula is C15H19N3O3. The predicted octanol–water partition coefficient (Wildman–Crippen LogP) is 2.29. The Labute approximate surface area is 123 Å². The molecule has 2 rings (SSSR count). The summed E-state index contributed by atoms with van der Waals surface area (Å²) >= 11 is 0. The SMILES string of the molecule is CCN(CC)C(=O)COc1ccc(-c2noc(C)n2)cc1. The van der Waals surface area contributed by atoms with Crippen molar-refractivity contribution in [2.45, 2.75) is 20.8 Å². The Morgan fingerprint density at radius 1 is 1.24 bits per heavy atom. The molecular weight excluding hydrogens is 270 g/mol.